The van der Waals surface area contributed by atoms with Gasteiger partial charge in [-0.3, -0.25) is 4.79 Å². The first-order chi connectivity index (χ1) is 14.5. The van der Waals surface area contributed by atoms with E-state index < -0.39 is 0 Å². The fourth-order valence-corrected chi connectivity index (χ4v) is 3.16. The first kappa shape index (κ1) is 19.5. The summed E-state index contributed by atoms with van der Waals surface area (Å²) in [6.07, 6.45) is 3.98. The maximum Gasteiger partial charge on any atom is 0.255 e. The molecule has 6 nitrogen and oxygen atoms in total. The number of benzene rings is 2. The highest BCUT2D eigenvalue weighted by atomic mass is 16.5. The van der Waals surface area contributed by atoms with E-state index in [4.69, 9.17) is 4.74 Å². The van der Waals surface area contributed by atoms with Gasteiger partial charge in [-0.15, -0.1) is 0 Å². The Morgan fingerprint density at radius 1 is 1.07 bits per heavy atom. The van der Waals surface area contributed by atoms with Crippen LogP contribution in [0.4, 0.5) is 11.4 Å². The second kappa shape index (κ2) is 8.29. The summed E-state index contributed by atoms with van der Waals surface area (Å²) in [6.45, 7) is 2.38. The van der Waals surface area contributed by atoms with E-state index in [0.29, 0.717) is 17.9 Å². The molecule has 0 aliphatic carbocycles. The van der Waals surface area contributed by atoms with Crippen LogP contribution in [0.1, 0.15) is 21.6 Å². The topological polar surface area (TPSA) is 58.9 Å². The van der Waals surface area contributed by atoms with Crippen molar-refractivity contribution in [1.82, 2.24) is 9.38 Å². The summed E-state index contributed by atoms with van der Waals surface area (Å²) >= 11 is 0. The Labute approximate surface area is 175 Å². The number of aromatic nitrogens is 2. The van der Waals surface area contributed by atoms with Gasteiger partial charge in [-0.05, 0) is 61.0 Å². The normalized spacial score (nSPS) is 10.8. The Morgan fingerprint density at radius 3 is 2.63 bits per heavy atom. The summed E-state index contributed by atoms with van der Waals surface area (Å²) in [6, 6.07) is 18.9. The number of nitrogens with zero attached hydrogens (tertiary/aromatic N) is 3. The van der Waals surface area contributed by atoms with Crippen molar-refractivity contribution in [3.63, 3.8) is 0 Å². The number of hydrogen-bond donors (Lipinski definition) is 1. The number of anilines is 2. The van der Waals surface area contributed by atoms with Crippen LogP contribution in [0.25, 0.3) is 5.65 Å². The van der Waals surface area contributed by atoms with Gasteiger partial charge in [-0.25, -0.2) is 4.98 Å². The molecule has 0 saturated heterocycles. The number of fused-ring (bicyclic) bond motifs is 1. The first-order valence-corrected chi connectivity index (χ1v) is 9.74. The average molecular weight is 400 g/mol. The largest absolute Gasteiger partial charge is 0.487 e. The second-order valence-corrected chi connectivity index (χ2v) is 7.42. The number of imidazole rings is 1. The molecule has 0 aliphatic heterocycles. The van der Waals surface area contributed by atoms with Crippen molar-refractivity contribution in [3.05, 3.63) is 89.9 Å². The molecule has 0 spiro atoms. The van der Waals surface area contributed by atoms with E-state index in [0.717, 1.165) is 22.7 Å². The molecule has 2 aromatic carbocycles. The van der Waals surface area contributed by atoms with E-state index in [2.05, 4.69) is 10.3 Å². The van der Waals surface area contributed by atoms with Crippen LogP contribution in [-0.2, 0) is 6.61 Å². The van der Waals surface area contributed by atoms with E-state index in [-0.39, 0.29) is 5.91 Å². The zero-order valence-electron chi connectivity index (χ0n) is 17.3. The lowest BCUT2D eigenvalue weighted by Crippen LogP contribution is -2.12. The average Bonchev–Trinajstić information content (AvgIpc) is 3.15. The van der Waals surface area contributed by atoms with Gasteiger partial charge in [-0.2, -0.15) is 0 Å². The predicted octanol–water partition coefficient (Wildman–Crippen LogP) is 4.54. The second-order valence-electron chi connectivity index (χ2n) is 7.42. The lowest BCUT2D eigenvalue weighted by molar-refractivity contribution is 0.102. The summed E-state index contributed by atoms with van der Waals surface area (Å²) in [4.78, 5) is 19.2. The SMILES string of the molecule is Cc1ccc2nc(COc3cccc(C(=O)Nc4ccc(N(C)C)cc4)c3)cn2c1. The van der Waals surface area contributed by atoms with E-state index in [9.17, 15) is 4.79 Å². The van der Waals surface area contributed by atoms with Crippen LogP contribution in [0.15, 0.2) is 73.1 Å². The summed E-state index contributed by atoms with van der Waals surface area (Å²) < 4.78 is 7.86. The Balaban J connectivity index is 1.41. The molecule has 0 unspecified atom stereocenters. The summed E-state index contributed by atoms with van der Waals surface area (Å²) in [5, 5.41) is 2.92. The summed E-state index contributed by atoms with van der Waals surface area (Å²) in [5.41, 5.74) is 5.24. The number of rotatable bonds is 6. The van der Waals surface area contributed by atoms with Gasteiger partial charge < -0.3 is 19.4 Å². The molecular weight excluding hydrogens is 376 g/mol. The molecule has 0 radical (unpaired) electrons. The minimum atomic E-state index is -0.179. The Kier molecular flexibility index (Phi) is 5.39. The lowest BCUT2D eigenvalue weighted by Gasteiger charge is -2.13. The highest BCUT2D eigenvalue weighted by molar-refractivity contribution is 6.04. The Morgan fingerprint density at radius 2 is 1.87 bits per heavy atom. The number of carbonyl (C=O) groups is 1. The van der Waals surface area contributed by atoms with Gasteiger partial charge >= 0.3 is 0 Å². The van der Waals surface area contributed by atoms with Crippen molar-refractivity contribution in [2.75, 3.05) is 24.3 Å². The molecule has 4 rings (SSSR count). The zero-order chi connectivity index (χ0) is 21.1. The fraction of sp³-hybridized carbons (Fsp3) is 0.167. The van der Waals surface area contributed by atoms with Crippen molar-refractivity contribution in [2.24, 2.45) is 0 Å². The molecule has 0 bridgehead atoms. The Hall–Kier alpha value is -3.80. The molecule has 152 valence electrons. The molecule has 30 heavy (non-hydrogen) atoms. The van der Waals surface area contributed by atoms with Crippen LogP contribution in [0.5, 0.6) is 5.75 Å². The highest BCUT2D eigenvalue weighted by Crippen LogP contribution is 2.19. The van der Waals surface area contributed by atoms with Gasteiger partial charge in [0.15, 0.2) is 0 Å². The van der Waals surface area contributed by atoms with Crippen molar-refractivity contribution in [3.8, 4) is 5.75 Å². The molecule has 1 N–H and O–H groups in total. The van der Waals surface area contributed by atoms with E-state index >= 15 is 0 Å². The van der Waals surface area contributed by atoms with Crippen LogP contribution < -0.4 is 15.0 Å². The van der Waals surface area contributed by atoms with Crippen molar-refractivity contribution < 1.29 is 9.53 Å². The lowest BCUT2D eigenvalue weighted by atomic mass is 10.2. The third-order valence-electron chi connectivity index (χ3n) is 4.77. The maximum atomic E-state index is 12.6. The van der Waals surface area contributed by atoms with E-state index in [1.54, 1.807) is 12.1 Å². The van der Waals surface area contributed by atoms with Crippen LogP contribution in [-0.4, -0.2) is 29.4 Å². The number of amides is 1. The van der Waals surface area contributed by atoms with Gasteiger partial charge in [0.05, 0.1) is 5.69 Å². The molecule has 0 aliphatic rings. The third-order valence-corrected chi connectivity index (χ3v) is 4.77. The zero-order valence-corrected chi connectivity index (χ0v) is 17.3. The van der Waals surface area contributed by atoms with Crippen LogP contribution in [0.3, 0.4) is 0 Å². The molecule has 0 atom stereocenters. The van der Waals surface area contributed by atoms with Crippen LogP contribution >= 0.6 is 0 Å². The summed E-state index contributed by atoms with van der Waals surface area (Å²) in [5.74, 6) is 0.445. The molecule has 6 heteroatoms. The van der Waals surface area contributed by atoms with Gasteiger partial charge in [0.25, 0.3) is 5.91 Å². The van der Waals surface area contributed by atoms with Crippen molar-refractivity contribution in [2.45, 2.75) is 13.5 Å². The van der Waals surface area contributed by atoms with Gasteiger partial charge in [-0.1, -0.05) is 12.1 Å². The number of hydrogen-bond acceptors (Lipinski definition) is 4. The van der Waals surface area contributed by atoms with Crippen molar-refractivity contribution >= 4 is 22.9 Å². The number of ether oxygens (including phenoxy) is 1. The number of nitrogens with one attached hydrogen (secondary N) is 1. The number of pyridine rings is 1. The molecule has 0 saturated carbocycles. The molecule has 1 amide bonds. The smallest absolute Gasteiger partial charge is 0.255 e. The first-order valence-electron chi connectivity index (χ1n) is 9.74. The third kappa shape index (κ3) is 4.43. The molecule has 2 heterocycles. The standard InChI is InChI=1S/C24H24N4O2/c1-17-7-12-23-25-20(15-28(23)14-17)16-30-22-6-4-5-18(13-22)24(29)26-19-8-10-21(11-9-19)27(2)3/h4-15H,16H2,1-3H3,(H,26,29). The van der Waals surface area contributed by atoms with Gasteiger partial charge in [0.1, 0.15) is 18.0 Å². The van der Waals surface area contributed by atoms with E-state index in [1.807, 2.05) is 91.2 Å². The monoisotopic (exact) mass is 400 g/mol. The molecule has 4 aromatic rings. The molecular formula is C24H24N4O2. The van der Waals surface area contributed by atoms with Crippen molar-refractivity contribution in [1.29, 1.82) is 0 Å². The predicted molar refractivity (Wildman–Crippen MR) is 119 cm³/mol. The molecule has 0 fully saturated rings. The van der Waals surface area contributed by atoms with Crippen LogP contribution in [0, 0.1) is 6.92 Å². The highest BCUT2D eigenvalue weighted by Gasteiger charge is 2.09. The number of carbonyl (C=O) groups excluding carboxylic acids is 1. The molecule has 2 aromatic heterocycles. The quantitative estimate of drug-likeness (QED) is 0.516. The Bertz CT molecular complexity index is 1180. The maximum absolute atomic E-state index is 12.6. The fourth-order valence-electron chi connectivity index (χ4n) is 3.16. The summed E-state index contributed by atoms with van der Waals surface area (Å²) in [7, 11) is 3.96. The van der Waals surface area contributed by atoms with Crippen LogP contribution in [0.2, 0.25) is 0 Å². The minimum absolute atomic E-state index is 0.179. The van der Waals surface area contributed by atoms with E-state index in [1.165, 1.54) is 5.56 Å². The van der Waals surface area contributed by atoms with Gasteiger partial charge in [0.2, 0.25) is 0 Å². The minimum Gasteiger partial charge on any atom is -0.487 e. The van der Waals surface area contributed by atoms with Gasteiger partial charge in [0, 0.05) is 43.4 Å². The number of aryl methyl sites for hydroxylation is 1.